The fourth-order valence-electron chi connectivity index (χ4n) is 10.1. The summed E-state index contributed by atoms with van der Waals surface area (Å²) in [5.74, 6) is -1.05. The Bertz CT molecular complexity index is 2440. The van der Waals surface area contributed by atoms with Crippen LogP contribution in [0.1, 0.15) is 139 Å². The highest BCUT2D eigenvalue weighted by atomic mass is 16.5. The predicted molar refractivity (Wildman–Crippen MR) is 263 cm³/mol. The van der Waals surface area contributed by atoms with E-state index >= 15 is 0 Å². The zero-order valence-electron chi connectivity index (χ0n) is 40.9. The van der Waals surface area contributed by atoms with Gasteiger partial charge in [-0.25, -0.2) is 19.8 Å². The number of fused-ring (bicyclic) bond motifs is 4. The van der Waals surface area contributed by atoms with Crippen LogP contribution in [0.15, 0.2) is 124 Å². The summed E-state index contributed by atoms with van der Waals surface area (Å²) in [7, 11) is 1.12. The molecule has 0 unspecified atom stereocenters. The monoisotopic (exact) mass is 899 g/mol. The second-order valence-corrected chi connectivity index (χ2v) is 19.5. The summed E-state index contributed by atoms with van der Waals surface area (Å²) in [6.07, 6.45) is 21.7. The molecule has 0 aromatic heterocycles. The van der Waals surface area contributed by atoms with E-state index < -0.39 is 29.2 Å². The van der Waals surface area contributed by atoms with Gasteiger partial charge in [0.25, 0.3) is 5.60 Å². The minimum Gasteiger partial charge on any atom is -0.466 e. The quantitative estimate of drug-likeness (QED) is 0.0520. The van der Waals surface area contributed by atoms with E-state index in [0.29, 0.717) is 63.3 Å². The molecule has 5 aliphatic heterocycles. The van der Waals surface area contributed by atoms with E-state index in [1.54, 1.807) is 25.2 Å². The molecule has 8 bridgehead atoms. The topological polar surface area (TPSA) is 156 Å². The van der Waals surface area contributed by atoms with Gasteiger partial charge in [0.05, 0.1) is 58.2 Å². The summed E-state index contributed by atoms with van der Waals surface area (Å²) in [6.45, 7) is 23.2. The summed E-state index contributed by atoms with van der Waals surface area (Å²) < 4.78 is 10.8. The van der Waals surface area contributed by atoms with Gasteiger partial charge in [0, 0.05) is 35.1 Å². The second kappa shape index (κ2) is 21.5. The van der Waals surface area contributed by atoms with Gasteiger partial charge in [0.15, 0.2) is 6.29 Å². The van der Waals surface area contributed by atoms with Crippen molar-refractivity contribution in [2.45, 2.75) is 145 Å². The smallest absolute Gasteiger partial charge is 0.351 e. The van der Waals surface area contributed by atoms with E-state index in [4.69, 9.17) is 29.4 Å². The van der Waals surface area contributed by atoms with E-state index in [0.717, 1.165) is 49.2 Å². The highest BCUT2D eigenvalue weighted by Crippen LogP contribution is 2.49. The van der Waals surface area contributed by atoms with Crippen molar-refractivity contribution in [1.29, 1.82) is 0 Å². The van der Waals surface area contributed by atoms with E-state index in [2.05, 4.69) is 41.2 Å². The second-order valence-electron chi connectivity index (χ2n) is 19.5. The number of ketones is 1. The van der Waals surface area contributed by atoms with Gasteiger partial charge in [-0.1, -0.05) is 105 Å². The Morgan fingerprint density at radius 2 is 1.50 bits per heavy atom. The molecule has 66 heavy (non-hydrogen) atoms. The van der Waals surface area contributed by atoms with Crippen LogP contribution >= 0.6 is 0 Å². The van der Waals surface area contributed by atoms with E-state index in [1.807, 2.05) is 32.9 Å². The Morgan fingerprint density at radius 1 is 0.864 bits per heavy atom. The molecular weight excluding hydrogens is 829 g/mol. The maximum Gasteiger partial charge on any atom is 0.351 e. The van der Waals surface area contributed by atoms with Crippen molar-refractivity contribution in [3.05, 3.63) is 104 Å². The number of Topliss-reactive ketones (excluding diaryl/α,β-unsaturated/α-hetero) is 1. The average Bonchev–Trinajstić information content (AvgIpc) is 4.01. The SMILES string of the molecule is C=CC1=C(C)C2=CC3=NC(=C4C5=NC(=CC6=NC(=CC1=N2)C(C=O)=C6CC)C(C)=C5C(=O)[C@@]4(O)C(=O)OC)[C@@H](CCC(=O)OCC=C(C)CCC[C@H](C)CCC[C@H](C)CCCC(C)C)[C@@H]3C. The molecule has 0 radical (unpaired) electrons. The molecule has 1 fully saturated rings. The Balaban J connectivity index is 1.24. The molecule has 0 spiro atoms. The first-order chi connectivity index (χ1) is 31.5. The Kier molecular flexibility index (Phi) is 16.3. The molecule has 1 aliphatic carbocycles. The van der Waals surface area contributed by atoms with Crippen LogP contribution in [0.4, 0.5) is 0 Å². The predicted octanol–water partition coefficient (Wildman–Crippen LogP) is 10.9. The van der Waals surface area contributed by atoms with Crippen LogP contribution in [-0.2, 0) is 28.7 Å². The van der Waals surface area contributed by atoms with Crippen molar-refractivity contribution < 1.29 is 33.8 Å². The summed E-state index contributed by atoms with van der Waals surface area (Å²) in [4.78, 5) is 73.9. The van der Waals surface area contributed by atoms with Gasteiger partial charge < -0.3 is 14.6 Å². The molecule has 352 valence electrons. The standard InChI is InChI=1S/C55H70N4O7/c1-12-38-35(8)42-27-43-36(9)40(23-24-48(61)66-26-25-34(7)22-16-21-33(6)20-15-19-32(5)18-14-17-31(3)4)51(58-43)50-52-49(53(62)55(50,64)54(63)65-11)37(10)44(59-52)28-46-39(13-2)41(30-60)47(57-46)29-45(38)56-42/h12,25,27-33,36,40,64H,1,13-24,26H2,2-11H3/t32-,33-,36+,40+,55-/m1/s1. The number of allylic oxidation sites excluding steroid dienone is 11. The van der Waals surface area contributed by atoms with Crippen LogP contribution in [0, 0.1) is 29.6 Å². The summed E-state index contributed by atoms with van der Waals surface area (Å²) in [5, 5.41) is 12.3. The molecule has 5 atom stereocenters. The van der Waals surface area contributed by atoms with Crippen molar-refractivity contribution in [3.63, 3.8) is 0 Å². The number of ether oxygens (including phenoxy) is 2. The molecule has 11 heteroatoms. The zero-order chi connectivity index (χ0) is 48.0. The molecule has 0 saturated heterocycles. The Labute approximate surface area is 391 Å². The van der Waals surface area contributed by atoms with E-state index in [9.17, 15) is 24.3 Å². The Morgan fingerprint density at radius 3 is 2.14 bits per heavy atom. The van der Waals surface area contributed by atoms with Crippen LogP contribution in [0.3, 0.4) is 0 Å². The van der Waals surface area contributed by atoms with Crippen molar-refractivity contribution in [1.82, 2.24) is 0 Å². The third kappa shape index (κ3) is 10.3. The molecule has 6 aliphatic rings. The lowest BCUT2D eigenvalue weighted by Crippen LogP contribution is -2.46. The lowest BCUT2D eigenvalue weighted by molar-refractivity contribution is -0.161. The number of hydrogen-bond acceptors (Lipinski definition) is 11. The van der Waals surface area contributed by atoms with Gasteiger partial charge in [-0.3, -0.25) is 19.4 Å². The molecule has 1 saturated carbocycles. The molecule has 0 aromatic carbocycles. The largest absolute Gasteiger partial charge is 0.466 e. The molecule has 1 N–H and O–H groups in total. The number of carbonyl (C=O) groups excluding carboxylic acids is 4. The number of rotatable bonds is 21. The van der Waals surface area contributed by atoms with Crippen LogP contribution in [0.5, 0.6) is 0 Å². The molecular formula is C55H70N4O7. The fourth-order valence-corrected chi connectivity index (χ4v) is 10.1. The van der Waals surface area contributed by atoms with Gasteiger partial charge >= 0.3 is 11.9 Å². The number of hydrogen-bond donors (Lipinski definition) is 1. The first kappa shape index (κ1) is 50.0. The minimum absolute atomic E-state index is 0.0241. The van der Waals surface area contributed by atoms with Crippen molar-refractivity contribution in [2.24, 2.45) is 49.6 Å². The van der Waals surface area contributed by atoms with E-state index in [-0.39, 0.29) is 47.9 Å². The molecule has 0 amide bonds. The maximum atomic E-state index is 14.4. The number of esters is 2. The number of aldehydes is 1. The first-order valence-electron chi connectivity index (χ1n) is 24.1. The van der Waals surface area contributed by atoms with Crippen LogP contribution < -0.4 is 0 Å². The summed E-state index contributed by atoms with van der Waals surface area (Å²) in [6, 6.07) is 0. The lowest BCUT2D eigenvalue weighted by atomic mass is 9.82. The Hall–Kier alpha value is -5.42. The average molecular weight is 899 g/mol. The maximum absolute atomic E-state index is 14.4. The lowest BCUT2D eigenvalue weighted by Gasteiger charge is -2.24. The molecule has 0 aromatic rings. The van der Waals surface area contributed by atoms with E-state index in [1.165, 1.54) is 50.5 Å². The van der Waals surface area contributed by atoms with Crippen molar-refractivity contribution in [3.8, 4) is 0 Å². The number of methoxy groups -OCH3 is 1. The minimum atomic E-state index is -2.74. The molecule has 5 heterocycles. The van der Waals surface area contributed by atoms with Gasteiger partial charge in [0.2, 0.25) is 5.78 Å². The highest BCUT2D eigenvalue weighted by molar-refractivity contribution is 6.46. The number of aliphatic imine (C=N–C) groups is 4. The third-order valence-corrected chi connectivity index (χ3v) is 14.2. The highest BCUT2D eigenvalue weighted by Gasteiger charge is 2.62. The van der Waals surface area contributed by atoms with Crippen molar-refractivity contribution in [2.75, 3.05) is 13.7 Å². The van der Waals surface area contributed by atoms with Crippen molar-refractivity contribution >= 4 is 46.9 Å². The van der Waals surface area contributed by atoms with Gasteiger partial charge in [-0.2, -0.15) is 0 Å². The van der Waals surface area contributed by atoms with Gasteiger partial charge in [-0.15, -0.1) is 0 Å². The molecule has 6 rings (SSSR count). The normalized spacial score (nSPS) is 23.5. The van der Waals surface area contributed by atoms with Gasteiger partial charge in [0.1, 0.15) is 6.61 Å². The fraction of sp³-hybridized carbons (Fsp3) is 0.527. The molecule has 11 nitrogen and oxygen atoms in total. The first-order valence-corrected chi connectivity index (χ1v) is 24.1. The van der Waals surface area contributed by atoms with Crippen LogP contribution in [-0.4, -0.2) is 71.3 Å². The number of aliphatic hydroxyl groups is 1. The summed E-state index contributed by atoms with van der Waals surface area (Å²) in [5.41, 5.74) is 5.09. The number of carbonyl (C=O) groups is 4. The third-order valence-electron chi connectivity index (χ3n) is 14.2. The van der Waals surface area contributed by atoms with Crippen LogP contribution in [0.2, 0.25) is 0 Å². The zero-order valence-corrected chi connectivity index (χ0v) is 40.9. The van der Waals surface area contributed by atoms with Gasteiger partial charge in [-0.05, 0) is 105 Å². The summed E-state index contributed by atoms with van der Waals surface area (Å²) >= 11 is 0. The van der Waals surface area contributed by atoms with Crippen LogP contribution in [0.25, 0.3) is 0 Å². The number of nitrogens with zero attached hydrogens (tertiary/aromatic N) is 4.